The highest BCUT2D eigenvalue weighted by Crippen LogP contribution is 2.40. The molecule has 0 aromatic heterocycles. The lowest BCUT2D eigenvalue weighted by molar-refractivity contribution is 0.0602. The third kappa shape index (κ3) is 2.69. The van der Waals surface area contributed by atoms with Crippen LogP contribution in [0.15, 0.2) is 72.8 Å². The lowest BCUT2D eigenvalue weighted by Gasteiger charge is -2.17. The van der Waals surface area contributed by atoms with Gasteiger partial charge in [0.1, 0.15) is 0 Å². The van der Waals surface area contributed by atoms with Gasteiger partial charge < -0.3 is 4.74 Å². The van der Waals surface area contributed by atoms with Gasteiger partial charge in [-0.05, 0) is 38.7 Å². The van der Waals surface area contributed by atoms with Gasteiger partial charge in [0.2, 0.25) is 0 Å². The van der Waals surface area contributed by atoms with Gasteiger partial charge in [0.15, 0.2) is 0 Å². The van der Waals surface area contributed by atoms with Crippen molar-refractivity contribution in [3.63, 3.8) is 0 Å². The van der Waals surface area contributed by atoms with E-state index in [0.717, 1.165) is 38.2 Å². The minimum Gasteiger partial charge on any atom is -0.465 e. The summed E-state index contributed by atoms with van der Waals surface area (Å²) < 4.78 is 5.08. The number of esters is 1. The summed E-state index contributed by atoms with van der Waals surface area (Å²) in [5.41, 5.74) is 3.74. The van der Waals surface area contributed by atoms with E-state index in [9.17, 15) is 4.79 Å². The number of benzene rings is 4. The SMILES string of the molecule is COC(=O)c1ccc2ccccc2c1-c1c(CBr)ccc2ccccc12. The van der Waals surface area contributed by atoms with Crippen molar-refractivity contribution in [1.29, 1.82) is 0 Å². The van der Waals surface area contributed by atoms with E-state index in [4.69, 9.17) is 4.74 Å². The smallest absolute Gasteiger partial charge is 0.338 e. The average molecular weight is 405 g/mol. The fourth-order valence-electron chi connectivity index (χ4n) is 3.54. The monoisotopic (exact) mass is 404 g/mol. The molecule has 0 aliphatic rings. The highest BCUT2D eigenvalue weighted by atomic mass is 79.9. The molecule has 0 amide bonds. The molecular formula is C23H17BrO2. The summed E-state index contributed by atoms with van der Waals surface area (Å²) >= 11 is 3.62. The number of alkyl halides is 1. The quantitative estimate of drug-likeness (QED) is 0.294. The number of halogens is 1. The van der Waals surface area contributed by atoms with E-state index in [-0.39, 0.29) is 5.97 Å². The molecule has 0 saturated carbocycles. The highest BCUT2D eigenvalue weighted by Gasteiger charge is 2.20. The van der Waals surface area contributed by atoms with Crippen molar-refractivity contribution in [3.05, 3.63) is 83.9 Å². The second-order valence-corrected chi connectivity index (χ2v) is 6.72. The van der Waals surface area contributed by atoms with Gasteiger partial charge in [0.25, 0.3) is 0 Å². The number of carbonyl (C=O) groups excluding carboxylic acids is 1. The zero-order valence-corrected chi connectivity index (χ0v) is 15.9. The van der Waals surface area contributed by atoms with Crippen LogP contribution in [0.5, 0.6) is 0 Å². The third-order valence-electron chi connectivity index (χ3n) is 4.74. The summed E-state index contributed by atoms with van der Waals surface area (Å²) in [6.07, 6.45) is 0. The van der Waals surface area contributed by atoms with E-state index in [1.165, 1.54) is 7.11 Å². The number of hydrogen-bond donors (Lipinski definition) is 0. The van der Waals surface area contributed by atoms with Crippen LogP contribution in [0.1, 0.15) is 15.9 Å². The third-order valence-corrected chi connectivity index (χ3v) is 5.35. The van der Waals surface area contributed by atoms with Gasteiger partial charge in [-0.2, -0.15) is 0 Å². The molecule has 0 N–H and O–H groups in total. The number of methoxy groups -OCH3 is 1. The van der Waals surface area contributed by atoms with Gasteiger partial charge in [-0.1, -0.05) is 82.7 Å². The van der Waals surface area contributed by atoms with Crippen LogP contribution >= 0.6 is 15.9 Å². The summed E-state index contributed by atoms with van der Waals surface area (Å²) in [6, 6.07) is 24.5. The fourth-order valence-corrected chi connectivity index (χ4v) is 4.01. The maximum atomic E-state index is 12.6. The maximum absolute atomic E-state index is 12.6. The van der Waals surface area contributed by atoms with Crippen molar-refractivity contribution in [2.45, 2.75) is 5.33 Å². The second kappa shape index (κ2) is 6.93. The number of rotatable bonds is 3. The van der Waals surface area contributed by atoms with Crippen molar-refractivity contribution < 1.29 is 9.53 Å². The van der Waals surface area contributed by atoms with E-state index >= 15 is 0 Å². The van der Waals surface area contributed by atoms with E-state index in [2.05, 4.69) is 52.3 Å². The molecule has 0 fully saturated rings. The van der Waals surface area contributed by atoms with Crippen LogP contribution in [0.4, 0.5) is 0 Å². The first-order chi connectivity index (χ1) is 12.7. The van der Waals surface area contributed by atoms with Crippen LogP contribution in [0, 0.1) is 0 Å². The molecule has 2 nitrogen and oxygen atoms in total. The first kappa shape index (κ1) is 16.8. The summed E-state index contributed by atoms with van der Waals surface area (Å²) in [7, 11) is 1.43. The molecule has 4 aromatic carbocycles. The zero-order valence-electron chi connectivity index (χ0n) is 14.3. The molecule has 4 rings (SSSR count). The minimum absolute atomic E-state index is 0.320. The van der Waals surface area contributed by atoms with Crippen LogP contribution < -0.4 is 0 Å². The Labute approximate surface area is 160 Å². The van der Waals surface area contributed by atoms with E-state index < -0.39 is 0 Å². The van der Waals surface area contributed by atoms with Gasteiger partial charge in [-0.3, -0.25) is 0 Å². The first-order valence-corrected chi connectivity index (χ1v) is 9.53. The summed E-state index contributed by atoms with van der Waals surface area (Å²) in [5.74, 6) is -0.320. The lowest BCUT2D eigenvalue weighted by Crippen LogP contribution is -2.05. The van der Waals surface area contributed by atoms with Crippen molar-refractivity contribution in [2.24, 2.45) is 0 Å². The van der Waals surface area contributed by atoms with Crippen LogP contribution in [0.3, 0.4) is 0 Å². The van der Waals surface area contributed by atoms with Crippen LogP contribution in [-0.2, 0) is 10.1 Å². The predicted octanol–water partition coefficient (Wildman–Crippen LogP) is 6.34. The van der Waals surface area contributed by atoms with Gasteiger partial charge in [0, 0.05) is 10.9 Å². The summed E-state index contributed by atoms with van der Waals surface area (Å²) in [5, 5.41) is 5.14. The molecule has 0 saturated heterocycles. The largest absolute Gasteiger partial charge is 0.465 e. The van der Waals surface area contributed by atoms with Crippen molar-refractivity contribution in [3.8, 4) is 11.1 Å². The zero-order chi connectivity index (χ0) is 18.1. The number of carbonyl (C=O) groups is 1. The topological polar surface area (TPSA) is 26.3 Å². The molecule has 0 radical (unpaired) electrons. The van der Waals surface area contributed by atoms with Crippen LogP contribution in [0.2, 0.25) is 0 Å². The molecule has 0 spiro atoms. The van der Waals surface area contributed by atoms with Gasteiger partial charge in [-0.15, -0.1) is 0 Å². The number of hydrogen-bond acceptors (Lipinski definition) is 2. The molecule has 0 aliphatic heterocycles. The molecule has 0 heterocycles. The van der Waals surface area contributed by atoms with Crippen LogP contribution in [-0.4, -0.2) is 13.1 Å². The molecular weight excluding hydrogens is 388 g/mol. The normalized spacial score (nSPS) is 11.0. The van der Waals surface area contributed by atoms with E-state index in [1.807, 2.05) is 36.4 Å². The van der Waals surface area contributed by atoms with Crippen molar-refractivity contribution in [2.75, 3.05) is 7.11 Å². The first-order valence-electron chi connectivity index (χ1n) is 8.41. The van der Waals surface area contributed by atoms with Gasteiger partial charge >= 0.3 is 5.97 Å². The Hall–Kier alpha value is -2.65. The van der Waals surface area contributed by atoms with Gasteiger partial charge in [0.05, 0.1) is 12.7 Å². The van der Waals surface area contributed by atoms with Gasteiger partial charge in [-0.25, -0.2) is 4.79 Å². The molecule has 0 atom stereocenters. The minimum atomic E-state index is -0.320. The van der Waals surface area contributed by atoms with E-state index in [1.54, 1.807) is 0 Å². The van der Waals surface area contributed by atoms with Crippen molar-refractivity contribution >= 4 is 43.4 Å². The molecule has 26 heavy (non-hydrogen) atoms. The fraction of sp³-hybridized carbons (Fsp3) is 0.0870. The second-order valence-electron chi connectivity index (χ2n) is 6.16. The standard InChI is InChI=1S/C23H17BrO2/c1-26-23(25)20-13-12-16-7-3-5-9-19(16)22(20)21-17(14-24)11-10-15-6-2-4-8-18(15)21/h2-13H,14H2,1H3. The summed E-state index contributed by atoms with van der Waals surface area (Å²) in [6.45, 7) is 0. The molecule has 4 aromatic rings. The lowest BCUT2D eigenvalue weighted by atomic mass is 9.87. The Morgan fingerprint density at radius 3 is 2.00 bits per heavy atom. The Kier molecular flexibility index (Phi) is 4.48. The van der Waals surface area contributed by atoms with Crippen molar-refractivity contribution in [1.82, 2.24) is 0 Å². The summed E-state index contributed by atoms with van der Waals surface area (Å²) in [4.78, 5) is 12.6. The Bertz CT molecular complexity index is 1130. The van der Waals surface area contributed by atoms with E-state index in [0.29, 0.717) is 10.9 Å². The molecule has 3 heteroatoms. The molecule has 0 unspecified atom stereocenters. The molecule has 0 bridgehead atoms. The Balaban J connectivity index is 2.21. The Morgan fingerprint density at radius 1 is 0.808 bits per heavy atom. The molecule has 0 aliphatic carbocycles. The number of fused-ring (bicyclic) bond motifs is 2. The molecule has 128 valence electrons. The highest BCUT2D eigenvalue weighted by molar-refractivity contribution is 9.08. The number of ether oxygens (including phenoxy) is 1. The predicted molar refractivity (Wildman–Crippen MR) is 111 cm³/mol. The van der Waals surface area contributed by atoms with Crippen LogP contribution in [0.25, 0.3) is 32.7 Å². The Morgan fingerprint density at radius 2 is 1.38 bits per heavy atom. The maximum Gasteiger partial charge on any atom is 0.338 e. The average Bonchev–Trinajstić information content (AvgIpc) is 2.71.